The van der Waals surface area contributed by atoms with Gasteiger partial charge in [0.25, 0.3) is 0 Å². The van der Waals surface area contributed by atoms with Crippen molar-refractivity contribution in [3.8, 4) is 0 Å². The molecule has 0 saturated carbocycles. The molecule has 104 valence electrons. The molecule has 0 amide bonds. The van der Waals surface area contributed by atoms with Crippen LogP contribution < -0.4 is 5.73 Å². The van der Waals surface area contributed by atoms with E-state index >= 15 is 0 Å². The molecule has 0 radical (unpaired) electrons. The highest BCUT2D eigenvalue weighted by molar-refractivity contribution is 5.39. The molecule has 0 aromatic heterocycles. The summed E-state index contributed by atoms with van der Waals surface area (Å²) in [5.74, 6) is 0.735. The Morgan fingerprint density at radius 1 is 0.900 bits per heavy atom. The van der Waals surface area contributed by atoms with Crippen LogP contribution in [0.4, 0.5) is 5.69 Å². The molecule has 1 aliphatic heterocycles. The van der Waals surface area contributed by atoms with E-state index in [4.69, 9.17) is 5.73 Å². The van der Waals surface area contributed by atoms with Crippen molar-refractivity contribution in [3.05, 3.63) is 65.7 Å². The lowest BCUT2D eigenvalue weighted by molar-refractivity contribution is 0.204. The van der Waals surface area contributed by atoms with E-state index in [0.717, 1.165) is 18.2 Å². The van der Waals surface area contributed by atoms with Crippen LogP contribution in [-0.4, -0.2) is 18.0 Å². The van der Waals surface area contributed by atoms with Gasteiger partial charge in [-0.05, 0) is 55.1 Å². The highest BCUT2D eigenvalue weighted by Gasteiger charge is 2.20. The fourth-order valence-electron chi connectivity index (χ4n) is 3.03. The van der Waals surface area contributed by atoms with E-state index in [0.29, 0.717) is 0 Å². The molecule has 3 rings (SSSR count). The van der Waals surface area contributed by atoms with E-state index in [1.807, 2.05) is 12.1 Å². The zero-order chi connectivity index (χ0) is 13.8. The third kappa shape index (κ3) is 3.20. The molecule has 2 nitrogen and oxygen atoms in total. The van der Waals surface area contributed by atoms with Crippen molar-refractivity contribution in [2.45, 2.75) is 25.3 Å². The van der Waals surface area contributed by atoms with Crippen LogP contribution in [0.5, 0.6) is 0 Å². The van der Waals surface area contributed by atoms with Crippen molar-refractivity contribution in [2.24, 2.45) is 0 Å². The van der Waals surface area contributed by atoms with Crippen LogP contribution in [-0.2, 0) is 6.54 Å². The first-order valence-electron chi connectivity index (χ1n) is 7.43. The number of nitrogen functional groups attached to an aromatic ring is 1. The molecule has 20 heavy (non-hydrogen) atoms. The molecule has 2 heteroatoms. The van der Waals surface area contributed by atoms with Crippen molar-refractivity contribution in [2.75, 3.05) is 18.8 Å². The Kier molecular flexibility index (Phi) is 4.03. The van der Waals surface area contributed by atoms with Crippen LogP contribution in [0.1, 0.15) is 29.9 Å². The Morgan fingerprint density at radius 2 is 1.55 bits per heavy atom. The summed E-state index contributed by atoms with van der Waals surface area (Å²) in [7, 11) is 0. The molecular formula is C18H22N2. The Balaban J connectivity index is 1.55. The number of rotatable bonds is 3. The van der Waals surface area contributed by atoms with E-state index in [2.05, 4.69) is 47.4 Å². The number of likely N-dealkylation sites (tertiary alicyclic amines) is 1. The zero-order valence-corrected chi connectivity index (χ0v) is 11.8. The summed E-state index contributed by atoms with van der Waals surface area (Å²) in [5, 5.41) is 0. The SMILES string of the molecule is Nc1ccc(CN2CCC(c3ccccc3)CC2)cc1. The maximum atomic E-state index is 5.73. The summed E-state index contributed by atoms with van der Waals surface area (Å²) in [4.78, 5) is 2.55. The van der Waals surface area contributed by atoms with E-state index in [1.54, 1.807) is 0 Å². The largest absolute Gasteiger partial charge is 0.399 e. The number of anilines is 1. The Labute approximate surface area is 121 Å². The van der Waals surface area contributed by atoms with Crippen LogP contribution in [0.15, 0.2) is 54.6 Å². The van der Waals surface area contributed by atoms with Crippen LogP contribution >= 0.6 is 0 Å². The summed E-state index contributed by atoms with van der Waals surface area (Å²) in [6.07, 6.45) is 2.53. The highest BCUT2D eigenvalue weighted by Crippen LogP contribution is 2.28. The smallest absolute Gasteiger partial charge is 0.0314 e. The summed E-state index contributed by atoms with van der Waals surface area (Å²) in [5.41, 5.74) is 9.43. The molecule has 1 heterocycles. The van der Waals surface area contributed by atoms with Crippen molar-refractivity contribution < 1.29 is 0 Å². The average Bonchev–Trinajstić information content (AvgIpc) is 2.51. The van der Waals surface area contributed by atoms with Crippen molar-refractivity contribution in [3.63, 3.8) is 0 Å². The van der Waals surface area contributed by atoms with Crippen molar-refractivity contribution in [1.29, 1.82) is 0 Å². The molecule has 2 aromatic rings. The predicted octanol–water partition coefficient (Wildman–Crippen LogP) is 3.65. The summed E-state index contributed by atoms with van der Waals surface area (Å²) in [6.45, 7) is 3.41. The third-order valence-corrected chi connectivity index (χ3v) is 4.24. The number of nitrogens with two attached hydrogens (primary N) is 1. The van der Waals surface area contributed by atoms with Gasteiger partial charge in [0, 0.05) is 12.2 Å². The van der Waals surface area contributed by atoms with Crippen LogP contribution in [0.25, 0.3) is 0 Å². The van der Waals surface area contributed by atoms with E-state index < -0.39 is 0 Å². The van der Waals surface area contributed by atoms with E-state index in [-0.39, 0.29) is 0 Å². The molecule has 0 aliphatic carbocycles. The van der Waals surface area contributed by atoms with Crippen LogP contribution in [0.2, 0.25) is 0 Å². The number of hydrogen-bond donors (Lipinski definition) is 1. The summed E-state index contributed by atoms with van der Waals surface area (Å²) in [6, 6.07) is 19.2. The minimum Gasteiger partial charge on any atom is -0.399 e. The molecule has 1 aliphatic rings. The van der Waals surface area contributed by atoms with Gasteiger partial charge in [0.05, 0.1) is 0 Å². The second-order valence-electron chi connectivity index (χ2n) is 5.70. The quantitative estimate of drug-likeness (QED) is 0.859. The van der Waals surface area contributed by atoms with Gasteiger partial charge in [-0.15, -0.1) is 0 Å². The summed E-state index contributed by atoms with van der Waals surface area (Å²) >= 11 is 0. The van der Waals surface area contributed by atoms with Crippen LogP contribution in [0.3, 0.4) is 0 Å². The first-order valence-corrected chi connectivity index (χ1v) is 7.43. The minimum atomic E-state index is 0.735. The van der Waals surface area contributed by atoms with Gasteiger partial charge in [0.1, 0.15) is 0 Å². The predicted molar refractivity (Wildman–Crippen MR) is 84.5 cm³/mol. The van der Waals surface area contributed by atoms with Gasteiger partial charge in [-0.1, -0.05) is 42.5 Å². The van der Waals surface area contributed by atoms with Gasteiger partial charge in [-0.2, -0.15) is 0 Å². The standard InChI is InChI=1S/C18H22N2/c19-18-8-6-15(7-9-18)14-20-12-10-17(11-13-20)16-4-2-1-3-5-16/h1-9,17H,10-14,19H2. The monoisotopic (exact) mass is 266 g/mol. The molecule has 1 saturated heterocycles. The van der Waals surface area contributed by atoms with Gasteiger partial charge in [-0.3, -0.25) is 4.90 Å². The first-order chi connectivity index (χ1) is 9.81. The number of piperidine rings is 1. The van der Waals surface area contributed by atoms with Gasteiger partial charge in [0.2, 0.25) is 0 Å². The molecule has 0 unspecified atom stereocenters. The third-order valence-electron chi connectivity index (χ3n) is 4.24. The molecule has 1 fully saturated rings. The summed E-state index contributed by atoms with van der Waals surface area (Å²) < 4.78 is 0. The van der Waals surface area contributed by atoms with E-state index in [9.17, 15) is 0 Å². The lowest BCUT2D eigenvalue weighted by atomic mass is 9.89. The average molecular weight is 266 g/mol. The van der Waals surface area contributed by atoms with Gasteiger partial charge in [0.15, 0.2) is 0 Å². The normalized spacial score (nSPS) is 17.2. The van der Waals surface area contributed by atoms with Crippen molar-refractivity contribution >= 4 is 5.69 Å². The highest BCUT2D eigenvalue weighted by atomic mass is 15.1. The maximum absolute atomic E-state index is 5.73. The molecular weight excluding hydrogens is 244 g/mol. The second kappa shape index (κ2) is 6.10. The fourth-order valence-corrected chi connectivity index (χ4v) is 3.03. The molecule has 0 bridgehead atoms. The zero-order valence-electron chi connectivity index (χ0n) is 11.8. The number of nitrogens with zero attached hydrogens (tertiary/aromatic N) is 1. The molecule has 2 aromatic carbocycles. The second-order valence-corrected chi connectivity index (χ2v) is 5.70. The molecule has 2 N–H and O–H groups in total. The number of benzene rings is 2. The van der Waals surface area contributed by atoms with Gasteiger partial charge >= 0.3 is 0 Å². The minimum absolute atomic E-state index is 0.735. The first kappa shape index (κ1) is 13.2. The van der Waals surface area contributed by atoms with Gasteiger partial charge in [-0.25, -0.2) is 0 Å². The lowest BCUT2D eigenvalue weighted by Gasteiger charge is -2.32. The van der Waals surface area contributed by atoms with E-state index in [1.165, 1.54) is 37.1 Å². The Bertz CT molecular complexity index is 525. The molecule has 0 spiro atoms. The Hall–Kier alpha value is -1.80. The lowest BCUT2D eigenvalue weighted by Crippen LogP contribution is -2.32. The van der Waals surface area contributed by atoms with Crippen LogP contribution in [0, 0.1) is 0 Å². The molecule has 0 atom stereocenters. The fraction of sp³-hybridized carbons (Fsp3) is 0.333. The van der Waals surface area contributed by atoms with Gasteiger partial charge < -0.3 is 5.73 Å². The Morgan fingerprint density at radius 3 is 2.20 bits per heavy atom. The van der Waals surface area contributed by atoms with Crippen molar-refractivity contribution in [1.82, 2.24) is 4.90 Å². The topological polar surface area (TPSA) is 29.3 Å². The maximum Gasteiger partial charge on any atom is 0.0314 e. The number of hydrogen-bond acceptors (Lipinski definition) is 2.